The highest BCUT2D eigenvalue weighted by molar-refractivity contribution is 7.98. The molecule has 0 bridgehead atoms. The average Bonchev–Trinajstić information content (AvgIpc) is 3.56. The summed E-state index contributed by atoms with van der Waals surface area (Å²) in [6, 6.07) is 13.9. The Hall–Kier alpha value is -3.41. The SMILES string of the molecule is CC[N+](CC)(CC)CCCNS(=O)(=O)c1cc(F)c(CSc2ncc(C(C)(C)c3ccc(Cl)c(OC)c3)n2-c2ccc(F)cc2)c(Cl)c1.O=C([O-])C(F)(F)F. The molecule has 0 saturated heterocycles. The molecule has 0 amide bonds. The van der Waals surface area contributed by atoms with Crippen LogP contribution in [0.1, 0.15) is 57.9 Å². The van der Waals surface area contributed by atoms with Crippen molar-refractivity contribution in [1.29, 1.82) is 0 Å². The van der Waals surface area contributed by atoms with Crippen LogP contribution < -0.4 is 14.6 Å². The summed E-state index contributed by atoms with van der Waals surface area (Å²) in [5.74, 6) is -3.53. The van der Waals surface area contributed by atoms with Crippen molar-refractivity contribution >= 4 is 51.0 Å². The highest BCUT2D eigenvalue weighted by Gasteiger charge is 2.31. The second-order valence-corrected chi connectivity index (χ2v) is 16.4. The van der Waals surface area contributed by atoms with E-state index in [2.05, 4.69) is 30.5 Å². The number of halogens is 7. The molecule has 55 heavy (non-hydrogen) atoms. The van der Waals surface area contributed by atoms with E-state index in [-0.39, 0.29) is 33.6 Å². The molecule has 0 saturated carbocycles. The van der Waals surface area contributed by atoms with Gasteiger partial charge in [0.05, 0.1) is 55.1 Å². The zero-order chi connectivity index (χ0) is 41.4. The summed E-state index contributed by atoms with van der Waals surface area (Å²) in [6.07, 6.45) is -2.80. The number of thioether (sulfide) groups is 1. The van der Waals surface area contributed by atoms with Gasteiger partial charge in [0.15, 0.2) is 5.16 Å². The van der Waals surface area contributed by atoms with Crippen molar-refractivity contribution in [2.24, 2.45) is 0 Å². The first-order valence-corrected chi connectivity index (χ1v) is 20.3. The first-order chi connectivity index (χ1) is 25.7. The molecule has 4 rings (SSSR count). The summed E-state index contributed by atoms with van der Waals surface area (Å²) < 4.78 is 98.0. The van der Waals surface area contributed by atoms with Gasteiger partial charge in [0.25, 0.3) is 0 Å². The molecule has 0 aliphatic heterocycles. The number of hydrogen-bond acceptors (Lipinski definition) is 7. The first kappa shape index (κ1) is 46.0. The number of carboxylic acid groups (broad SMARTS) is 1. The predicted octanol–water partition coefficient (Wildman–Crippen LogP) is 7.93. The fourth-order valence-corrected chi connectivity index (χ4v) is 8.52. The molecule has 4 aromatic rings. The number of imidazole rings is 1. The predicted molar refractivity (Wildman–Crippen MR) is 202 cm³/mol. The number of alkyl halides is 3. The third kappa shape index (κ3) is 11.6. The van der Waals surface area contributed by atoms with Crippen LogP contribution in [0.5, 0.6) is 5.75 Å². The second kappa shape index (κ2) is 19.2. The van der Waals surface area contributed by atoms with Gasteiger partial charge >= 0.3 is 6.18 Å². The highest BCUT2D eigenvalue weighted by atomic mass is 35.5. The fraction of sp³-hybridized carbons (Fsp3) is 0.405. The molecular formula is C37H43Cl2F5N4O5S2. The molecule has 0 atom stereocenters. The van der Waals surface area contributed by atoms with E-state index in [9.17, 15) is 26.0 Å². The molecule has 1 N–H and O–H groups in total. The highest BCUT2D eigenvalue weighted by Crippen LogP contribution is 2.40. The third-order valence-electron chi connectivity index (χ3n) is 9.44. The molecule has 18 heteroatoms. The number of benzene rings is 3. The molecule has 1 heterocycles. The zero-order valence-electron chi connectivity index (χ0n) is 31.1. The minimum absolute atomic E-state index is 0.00444. The average molecular weight is 854 g/mol. The Morgan fingerprint density at radius 1 is 0.982 bits per heavy atom. The maximum atomic E-state index is 15.5. The van der Waals surface area contributed by atoms with Crippen molar-refractivity contribution < 1.29 is 49.5 Å². The molecular weight excluding hydrogens is 810 g/mol. The summed E-state index contributed by atoms with van der Waals surface area (Å²) >= 11 is 14.0. The van der Waals surface area contributed by atoms with Gasteiger partial charge in [-0.3, -0.25) is 4.57 Å². The molecule has 0 aliphatic carbocycles. The quantitative estimate of drug-likeness (QED) is 0.0528. The number of carboxylic acids is 1. The van der Waals surface area contributed by atoms with Crippen molar-refractivity contribution in [1.82, 2.24) is 14.3 Å². The lowest BCUT2D eigenvalue weighted by molar-refractivity contribution is -0.923. The van der Waals surface area contributed by atoms with Gasteiger partial charge in [-0.25, -0.2) is 26.9 Å². The monoisotopic (exact) mass is 852 g/mol. The molecule has 3 aromatic carbocycles. The summed E-state index contributed by atoms with van der Waals surface area (Å²) in [7, 11) is -2.42. The van der Waals surface area contributed by atoms with Gasteiger partial charge in [-0.05, 0) is 74.9 Å². The van der Waals surface area contributed by atoms with E-state index in [4.69, 9.17) is 37.8 Å². The van der Waals surface area contributed by atoms with E-state index in [1.165, 1.54) is 30.0 Å². The Kier molecular flexibility index (Phi) is 16.0. The van der Waals surface area contributed by atoms with E-state index in [0.717, 1.165) is 48.0 Å². The largest absolute Gasteiger partial charge is 0.542 e. The lowest BCUT2D eigenvalue weighted by Gasteiger charge is -2.35. The Balaban J connectivity index is 0.00000106. The van der Waals surface area contributed by atoms with Gasteiger partial charge in [-0.1, -0.05) is 54.9 Å². The normalized spacial score (nSPS) is 12.3. The van der Waals surface area contributed by atoms with Crippen molar-refractivity contribution in [3.05, 3.63) is 99.3 Å². The van der Waals surface area contributed by atoms with Crippen LogP contribution in [0.25, 0.3) is 5.69 Å². The van der Waals surface area contributed by atoms with Crippen molar-refractivity contribution in [2.75, 3.05) is 39.8 Å². The molecule has 0 aliphatic rings. The van der Waals surface area contributed by atoms with Crippen molar-refractivity contribution in [2.45, 2.75) is 68.4 Å². The summed E-state index contributed by atoms with van der Waals surface area (Å²) in [6.45, 7) is 14.5. The topological polar surface area (TPSA) is 113 Å². The Morgan fingerprint density at radius 3 is 2.11 bits per heavy atom. The van der Waals surface area contributed by atoms with Gasteiger partial charge in [0, 0.05) is 40.4 Å². The lowest BCUT2D eigenvalue weighted by Crippen LogP contribution is -2.48. The number of carbonyl (C=O) groups is 1. The minimum Gasteiger partial charge on any atom is -0.542 e. The third-order valence-corrected chi connectivity index (χ3v) is 12.5. The molecule has 0 unspecified atom stereocenters. The number of carbonyl (C=O) groups excluding carboxylic acids is 1. The van der Waals surface area contributed by atoms with E-state index < -0.39 is 33.4 Å². The number of rotatable bonds is 16. The van der Waals surface area contributed by atoms with Gasteiger partial charge < -0.3 is 19.1 Å². The van der Waals surface area contributed by atoms with Crippen LogP contribution in [-0.2, 0) is 26.0 Å². The standard InChI is InChI=1S/C35H43Cl2F2N4O3S2.C2HF3O2/c1-7-43(8-2,9-3)18-10-17-41-48(44,45)27-20-30(37)28(31(39)21-27)23-47-34-40-22-33(42(34)26-14-12-25(38)13-15-26)35(4,5)24-11-16-29(36)32(19-24)46-6;3-2(4,5)1(6)7/h11-16,19-22,41H,7-10,17-18,23H2,1-6H3;(H,6,7)/q+1;/p-1. The van der Waals surface area contributed by atoms with Gasteiger partial charge in [0.2, 0.25) is 10.0 Å². The molecule has 0 radical (unpaired) electrons. The van der Waals surface area contributed by atoms with Crippen LogP contribution in [0, 0.1) is 11.6 Å². The number of ether oxygens (including phenoxy) is 1. The Bertz CT molecular complexity index is 2010. The smallest absolute Gasteiger partial charge is 0.430 e. The van der Waals surface area contributed by atoms with Crippen LogP contribution in [-0.4, -0.2) is 74.4 Å². The number of hydrogen-bond donors (Lipinski definition) is 1. The van der Waals surface area contributed by atoms with Crippen LogP contribution in [0.2, 0.25) is 10.0 Å². The Morgan fingerprint density at radius 2 is 1.58 bits per heavy atom. The minimum atomic E-state index is -5.19. The molecule has 9 nitrogen and oxygen atoms in total. The van der Waals surface area contributed by atoms with Gasteiger partial charge in [-0.2, -0.15) is 13.2 Å². The van der Waals surface area contributed by atoms with Gasteiger partial charge in [-0.15, -0.1) is 0 Å². The lowest BCUT2D eigenvalue weighted by atomic mass is 9.81. The number of aromatic nitrogens is 2. The van der Waals surface area contributed by atoms with E-state index in [0.29, 0.717) is 28.0 Å². The van der Waals surface area contributed by atoms with Crippen LogP contribution >= 0.6 is 35.0 Å². The van der Waals surface area contributed by atoms with Crippen molar-refractivity contribution in [3.63, 3.8) is 0 Å². The van der Waals surface area contributed by atoms with Crippen LogP contribution in [0.3, 0.4) is 0 Å². The van der Waals surface area contributed by atoms with Crippen LogP contribution in [0.4, 0.5) is 22.0 Å². The van der Waals surface area contributed by atoms with Crippen LogP contribution in [0.15, 0.2) is 70.8 Å². The maximum Gasteiger partial charge on any atom is 0.430 e. The number of aliphatic carboxylic acids is 1. The summed E-state index contributed by atoms with van der Waals surface area (Å²) in [4.78, 5) is 13.2. The zero-order valence-corrected chi connectivity index (χ0v) is 34.2. The number of sulfonamides is 1. The number of quaternary nitrogens is 1. The Labute approximate surface area is 332 Å². The molecule has 0 spiro atoms. The fourth-order valence-electron chi connectivity index (χ4n) is 5.77. The summed E-state index contributed by atoms with van der Waals surface area (Å²) in [5, 5.41) is 9.78. The first-order valence-electron chi connectivity index (χ1n) is 17.1. The maximum absolute atomic E-state index is 15.5. The van der Waals surface area contributed by atoms with E-state index in [1.807, 2.05) is 30.5 Å². The number of methoxy groups -OCH3 is 1. The van der Waals surface area contributed by atoms with Gasteiger partial charge in [0.1, 0.15) is 23.4 Å². The number of nitrogens with zero attached hydrogens (tertiary/aromatic N) is 3. The van der Waals surface area contributed by atoms with E-state index in [1.54, 1.807) is 31.5 Å². The molecule has 1 aromatic heterocycles. The number of nitrogens with one attached hydrogen (secondary N) is 1. The molecule has 302 valence electrons. The van der Waals surface area contributed by atoms with Crippen molar-refractivity contribution in [3.8, 4) is 11.4 Å². The van der Waals surface area contributed by atoms with E-state index >= 15 is 4.39 Å². The second-order valence-electron chi connectivity index (χ2n) is 12.9. The summed E-state index contributed by atoms with van der Waals surface area (Å²) in [5.41, 5.74) is 1.88. The molecule has 0 fully saturated rings.